The summed E-state index contributed by atoms with van der Waals surface area (Å²) in [5, 5.41) is 15.1. The Labute approximate surface area is 58.8 Å². The van der Waals surface area contributed by atoms with E-state index in [1.165, 1.54) is 0 Å². The summed E-state index contributed by atoms with van der Waals surface area (Å²) in [5.41, 5.74) is 0. The maximum absolute atomic E-state index is 9.00. The molecule has 0 bridgehead atoms. The van der Waals surface area contributed by atoms with Crippen molar-refractivity contribution in [3.63, 3.8) is 0 Å². The van der Waals surface area contributed by atoms with Gasteiger partial charge in [0.1, 0.15) is 0 Å². The van der Waals surface area contributed by atoms with Crippen molar-refractivity contribution in [2.45, 2.75) is 6.29 Å². The second-order valence-corrected chi connectivity index (χ2v) is 0.550. The molecule has 0 aliphatic heterocycles. The van der Waals surface area contributed by atoms with Crippen LogP contribution in [0.4, 0.5) is 0 Å². The molecule has 0 aliphatic rings. The van der Waals surface area contributed by atoms with Crippen LogP contribution in [0.2, 0.25) is 0 Å². The molecule has 0 radical (unpaired) electrons. The molecule has 0 unspecified atom stereocenters. The molecule has 0 aromatic heterocycles. The Morgan fingerprint density at radius 1 is 1.67 bits per heavy atom. The van der Waals surface area contributed by atoms with Crippen LogP contribution in [0.5, 0.6) is 0 Å². The molecule has 6 heavy (non-hydrogen) atoms. The summed E-state index contributed by atoms with van der Waals surface area (Å²) in [6.45, 7) is 0. The van der Waals surface area contributed by atoms with E-state index in [2.05, 4.69) is 0 Å². The average Bonchev–Trinajstić information content (AvgIpc) is 1.38. The van der Waals surface area contributed by atoms with Crippen LogP contribution in [0.3, 0.4) is 0 Å². The fraction of sp³-hybridized carbons (Fsp3) is 0.500. The summed E-state index contributed by atoms with van der Waals surface area (Å²) in [7, 11) is 0. The predicted molar refractivity (Wildman–Crippen MR) is 15.4 cm³/mol. The van der Waals surface area contributed by atoms with E-state index in [1.54, 1.807) is 0 Å². The molecule has 0 saturated carbocycles. The molecule has 0 rings (SSSR count). The quantitative estimate of drug-likeness (QED) is 0.199. The van der Waals surface area contributed by atoms with Gasteiger partial charge < -0.3 is 11.6 Å². The summed E-state index contributed by atoms with van der Waals surface area (Å²) in [5.74, 6) is 0. The van der Waals surface area contributed by atoms with E-state index < -0.39 is 6.29 Å². The van der Waals surface area contributed by atoms with Crippen LogP contribution in [0, 0.1) is 0 Å². The first kappa shape index (κ1) is 9.77. The Morgan fingerprint density at radius 2 is 1.83 bits per heavy atom. The van der Waals surface area contributed by atoms with Crippen LogP contribution in [-0.4, -0.2) is 22.8 Å². The Balaban J connectivity index is -0.0000000800. The van der Waals surface area contributed by atoms with Gasteiger partial charge >= 0.3 is 29.6 Å². The maximum atomic E-state index is 9.00. The van der Waals surface area contributed by atoms with E-state index in [9.17, 15) is 0 Å². The van der Waals surface area contributed by atoms with Gasteiger partial charge in [-0.2, -0.15) is 0 Å². The van der Waals surface area contributed by atoms with Crippen molar-refractivity contribution < 1.29 is 46.0 Å². The summed E-state index contributed by atoms with van der Waals surface area (Å²) < 4.78 is 0. The van der Waals surface area contributed by atoms with Gasteiger partial charge in [0.25, 0.3) is 0 Å². The third-order valence-corrected chi connectivity index (χ3v) is 0.122. The molecule has 0 amide bonds. The van der Waals surface area contributed by atoms with Crippen molar-refractivity contribution in [2.24, 2.45) is 0 Å². The second-order valence-electron chi connectivity index (χ2n) is 0.550. The number of aliphatic hydroxyl groups excluding tert-OH is 1. The van der Waals surface area contributed by atoms with Crippen molar-refractivity contribution in [1.82, 2.24) is 0 Å². The minimum atomic E-state index is -1.80. The molecule has 3 nitrogen and oxygen atoms in total. The van der Waals surface area contributed by atoms with Gasteiger partial charge in [-0.05, 0) is 0 Å². The molecule has 0 fully saturated rings. The van der Waals surface area contributed by atoms with Gasteiger partial charge in [-0.25, -0.2) is 0 Å². The van der Waals surface area contributed by atoms with Crippen LogP contribution >= 0.6 is 0 Å². The van der Waals surface area contributed by atoms with Crippen molar-refractivity contribution in [2.75, 3.05) is 0 Å². The molecule has 2 N–H and O–H groups in total. The van der Waals surface area contributed by atoms with Crippen LogP contribution < -0.4 is 29.6 Å². The zero-order valence-electron chi connectivity index (χ0n) is 4.46. The SMILES string of the molecule is O=CC(O)O.[H-].[Na+]. The number of rotatable bonds is 1. The van der Waals surface area contributed by atoms with E-state index in [4.69, 9.17) is 15.0 Å². The number of hydrogen-bond acceptors (Lipinski definition) is 3. The fourth-order valence-electron chi connectivity index (χ4n) is 0. The van der Waals surface area contributed by atoms with Gasteiger partial charge in [-0.1, -0.05) is 0 Å². The largest absolute Gasteiger partial charge is 1.00 e. The Morgan fingerprint density at radius 3 is 1.83 bits per heavy atom. The molecule has 0 spiro atoms. The predicted octanol–water partition coefficient (Wildman–Crippen LogP) is -4.39. The Hall–Kier alpha value is 0.590. The van der Waals surface area contributed by atoms with E-state index in [1.807, 2.05) is 0 Å². The number of carbonyl (C=O) groups excluding carboxylic acids is 1. The molecule has 32 valence electrons. The van der Waals surface area contributed by atoms with E-state index in [-0.39, 0.29) is 37.3 Å². The normalized spacial score (nSPS) is 7.17. The zero-order valence-corrected chi connectivity index (χ0v) is 5.46. The first-order valence-electron chi connectivity index (χ1n) is 1.09. The van der Waals surface area contributed by atoms with E-state index >= 15 is 0 Å². The molecule has 0 aromatic rings. The van der Waals surface area contributed by atoms with Gasteiger partial charge in [-0.3, -0.25) is 4.79 Å². The smallest absolute Gasteiger partial charge is 1.00 e. The summed E-state index contributed by atoms with van der Waals surface area (Å²) >= 11 is 0. The van der Waals surface area contributed by atoms with Gasteiger partial charge in [0, 0.05) is 0 Å². The third kappa shape index (κ3) is 8.82. The number of aliphatic hydroxyl groups is 2. The molecule has 0 aromatic carbocycles. The van der Waals surface area contributed by atoms with Crippen molar-refractivity contribution in [3.05, 3.63) is 0 Å². The van der Waals surface area contributed by atoms with Crippen LogP contribution in [0.25, 0.3) is 0 Å². The molecular weight excluding hydrogens is 95.0 g/mol. The zero-order chi connectivity index (χ0) is 4.28. The minimum Gasteiger partial charge on any atom is -1.00 e. The average molecular weight is 100 g/mol. The van der Waals surface area contributed by atoms with Crippen LogP contribution in [-0.2, 0) is 4.79 Å². The molecular formula is C2H5NaO3. The summed E-state index contributed by atoms with van der Waals surface area (Å²) in [6.07, 6.45) is -1.77. The van der Waals surface area contributed by atoms with Crippen molar-refractivity contribution in [3.8, 4) is 0 Å². The molecule has 0 aliphatic carbocycles. The number of carbonyl (C=O) groups is 1. The number of hydrogen-bond donors (Lipinski definition) is 2. The number of aldehydes is 1. The van der Waals surface area contributed by atoms with Gasteiger partial charge in [0.05, 0.1) is 0 Å². The van der Waals surface area contributed by atoms with Gasteiger partial charge in [-0.15, -0.1) is 0 Å². The van der Waals surface area contributed by atoms with E-state index in [0.717, 1.165) is 0 Å². The Bertz CT molecular complexity index is 39.9. The first-order chi connectivity index (χ1) is 2.27. The minimum absolute atomic E-state index is 0. The van der Waals surface area contributed by atoms with Crippen molar-refractivity contribution in [1.29, 1.82) is 0 Å². The van der Waals surface area contributed by atoms with Crippen LogP contribution in [0.1, 0.15) is 1.43 Å². The molecule has 0 heterocycles. The summed E-state index contributed by atoms with van der Waals surface area (Å²) in [6, 6.07) is 0. The molecule has 4 heteroatoms. The van der Waals surface area contributed by atoms with Crippen molar-refractivity contribution >= 4 is 6.29 Å². The maximum Gasteiger partial charge on any atom is 1.00 e. The monoisotopic (exact) mass is 100 g/mol. The third-order valence-electron chi connectivity index (χ3n) is 0.122. The second kappa shape index (κ2) is 5.59. The molecule has 0 saturated heterocycles. The first-order valence-corrected chi connectivity index (χ1v) is 1.09. The Kier molecular flexibility index (Phi) is 9.11. The topological polar surface area (TPSA) is 57.5 Å². The summed E-state index contributed by atoms with van der Waals surface area (Å²) in [4.78, 5) is 9.00. The van der Waals surface area contributed by atoms with Gasteiger partial charge in [0.2, 0.25) is 6.29 Å². The van der Waals surface area contributed by atoms with Gasteiger partial charge in [0.15, 0.2) is 6.29 Å². The molecule has 0 atom stereocenters. The van der Waals surface area contributed by atoms with E-state index in [0.29, 0.717) is 0 Å². The fourth-order valence-corrected chi connectivity index (χ4v) is 0. The standard InChI is InChI=1S/C2H4O3.Na.H/c3-1-2(4)5;;/h1-2,4-5H;;/q;+1;-1. The van der Waals surface area contributed by atoms with Crippen LogP contribution in [0.15, 0.2) is 0 Å².